The lowest BCUT2D eigenvalue weighted by Crippen LogP contribution is -2.49. The third-order valence-corrected chi connectivity index (χ3v) is 5.63. The van der Waals surface area contributed by atoms with E-state index in [-0.39, 0.29) is 5.91 Å². The topological polar surface area (TPSA) is 72.9 Å². The van der Waals surface area contributed by atoms with Gasteiger partial charge in [0.2, 0.25) is 0 Å². The van der Waals surface area contributed by atoms with E-state index in [1.54, 1.807) is 19.0 Å². The van der Waals surface area contributed by atoms with Gasteiger partial charge in [-0.25, -0.2) is 4.98 Å². The van der Waals surface area contributed by atoms with E-state index in [9.17, 15) is 4.79 Å². The van der Waals surface area contributed by atoms with Crippen LogP contribution in [-0.4, -0.2) is 68.1 Å². The van der Waals surface area contributed by atoms with E-state index in [2.05, 4.69) is 45.6 Å². The van der Waals surface area contributed by atoms with Crippen LogP contribution in [0.25, 0.3) is 0 Å². The van der Waals surface area contributed by atoms with E-state index < -0.39 is 0 Å². The molecule has 7 nitrogen and oxygen atoms in total. The highest BCUT2D eigenvalue weighted by Crippen LogP contribution is 2.18. The van der Waals surface area contributed by atoms with Crippen LogP contribution >= 0.6 is 0 Å². The molecule has 1 saturated heterocycles. The van der Waals surface area contributed by atoms with Crippen LogP contribution in [0.3, 0.4) is 0 Å². The minimum Gasteiger partial charge on any atom is -0.357 e. The van der Waals surface area contributed by atoms with Gasteiger partial charge in [0.25, 0.3) is 5.91 Å². The van der Waals surface area contributed by atoms with Gasteiger partial charge < -0.3 is 20.4 Å². The molecule has 1 aliphatic rings. The summed E-state index contributed by atoms with van der Waals surface area (Å²) in [6, 6.07) is 14.4. The number of hydrogen-bond donors (Lipinski definition) is 2. The van der Waals surface area contributed by atoms with Gasteiger partial charge in [0.05, 0.1) is 0 Å². The lowest BCUT2D eigenvalue weighted by atomic mass is 10.1. The summed E-state index contributed by atoms with van der Waals surface area (Å²) in [7, 11) is 3.55. The molecule has 0 unspecified atom stereocenters. The lowest BCUT2D eigenvalue weighted by molar-refractivity contribution is 0.0827. The molecule has 1 aromatic heterocycles. The monoisotopic (exact) mass is 436 g/mol. The molecule has 1 aromatic carbocycles. The smallest absolute Gasteiger partial charge is 0.253 e. The minimum atomic E-state index is 0.0255. The molecule has 1 aliphatic heterocycles. The van der Waals surface area contributed by atoms with Crippen molar-refractivity contribution in [3.05, 3.63) is 59.3 Å². The first-order chi connectivity index (χ1) is 15.5. The van der Waals surface area contributed by atoms with Crippen LogP contribution in [0.5, 0.6) is 0 Å². The van der Waals surface area contributed by atoms with E-state index in [0.29, 0.717) is 12.6 Å². The number of guanidine groups is 1. The Kier molecular flexibility index (Phi) is 8.48. The SMILES string of the molecule is CCNC(=NCCc1cccc(C(=O)N(C)C)c1)NC1CCN(c2cccc(C)n2)CC1. The van der Waals surface area contributed by atoms with Crippen molar-refractivity contribution >= 4 is 17.7 Å². The first-order valence-electron chi connectivity index (χ1n) is 11.5. The van der Waals surface area contributed by atoms with Gasteiger partial charge in [-0.2, -0.15) is 0 Å². The number of carbonyl (C=O) groups excluding carboxylic acids is 1. The number of nitrogens with one attached hydrogen (secondary N) is 2. The van der Waals surface area contributed by atoms with Gasteiger partial charge in [-0.05, 0) is 62.9 Å². The Morgan fingerprint density at radius 3 is 2.62 bits per heavy atom. The molecule has 2 N–H and O–H groups in total. The molecule has 0 radical (unpaired) electrons. The molecule has 2 heterocycles. The van der Waals surface area contributed by atoms with Crippen molar-refractivity contribution in [1.82, 2.24) is 20.5 Å². The van der Waals surface area contributed by atoms with Gasteiger partial charge >= 0.3 is 0 Å². The van der Waals surface area contributed by atoms with Crippen molar-refractivity contribution in [3.63, 3.8) is 0 Å². The second-order valence-electron chi connectivity index (χ2n) is 8.45. The van der Waals surface area contributed by atoms with Crippen molar-refractivity contribution < 1.29 is 4.79 Å². The van der Waals surface area contributed by atoms with E-state index >= 15 is 0 Å². The summed E-state index contributed by atoms with van der Waals surface area (Å²) in [4.78, 5) is 25.6. The number of piperidine rings is 1. The number of carbonyl (C=O) groups is 1. The molecule has 1 fully saturated rings. The van der Waals surface area contributed by atoms with E-state index in [4.69, 9.17) is 4.99 Å². The fraction of sp³-hybridized carbons (Fsp3) is 0.480. The summed E-state index contributed by atoms with van der Waals surface area (Å²) in [5.74, 6) is 1.96. The summed E-state index contributed by atoms with van der Waals surface area (Å²) in [6.07, 6.45) is 2.89. The number of aryl methyl sites for hydroxylation is 1. The molecule has 3 rings (SSSR count). The number of benzene rings is 1. The van der Waals surface area contributed by atoms with E-state index in [1.165, 1.54) is 0 Å². The molecule has 7 heteroatoms. The van der Waals surface area contributed by atoms with E-state index in [1.807, 2.05) is 31.2 Å². The molecule has 0 bridgehead atoms. The average Bonchev–Trinajstić information content (AvgIpc) is 2.79. The van der Waals surface area contributed by atoms with Crippen molar-refractivity contribution in [2.75, 3.05) is 45.2 Å². The molecule has 0 aliphatic carbocycles. The van der Waals surface area contributed by atoms with Crippen LogP contribution in [0.4, 0.5) is 5.82 Å². The molecule has 0 atom stereocenters. The minimum absolute atomic E-state index is 0.0255. The summed E-state index contributed by atoms with van der Waals surface area (Å²) in [5.41, 5.74) is 2.90. The van der Waals surface area contributed by atoms with Crippen LogP contribution in [0.15, 0.2) is 47.5 Å². The Hall–Kier alpha value is -3.09. The van der Waals surface area contributed by atoms with Gasteiger partial charge in [0, 0.05) is 57.6 Å². The third-order valence-electron chi connectivity index (χ3n) is 5.63. The van der Waals surface area contributed by atoms with Crippen LogP contribution in [-0.2, 0) is 6.42 Å². The van der Waals surface area contributed by atoms with Crippen molar-refractivity contribution in [2.24, 2.45) is 4.99 Å². The molecule has 32 heavy (non-hydrogen) atoms. The van der Waals surface area contributed by atoms with Gasteiger partial charge in [-0.15, -0.1) is 0 Å². The fourth-order valence-electron chi connectivity index (χ4n) is 3.89. The van der Waals surface area contributed by atoms with E-state index in [0.717, 1.165) is 67.5 Å². The maximum atomic E-state index is 12.2. The molecule has 2 aromatic rings. The van der Waals surface area contributed by atoms with Crippen LogP contribution in [0.2, 0.25) is 0 Å². The number of anilines is 1. The van der Waals surface area contributed by atoms with Gasteiger partial charge in [-0.3, -0.25) is 9.79 Å². The molecule has 0 spiro atoms. The van der Waals surface area contributed by atoms with Crippen molar-refractivity contribution in [1.29, 1.82) is 0 Å². The fourth-order valence-corrected chi connectivity index (χ4v) is 3.89. The van der Waals surface area contributed by atoms with Crippen LogP contribution in [0, 0.1) is 6.92 Å². The van der Waals surface area contributed by atoms with Gasteiger partial charge in [0.1, 0.15) is 5.82 Å². The summed E-state index contributed by atoms with van der Waals surface area (Å²) >= 11 is 0. The zero-order valence-electron chi connectivity index (χ0n) is 19.8. The first-order valence-corrected chi connectivity index (χ1v) is 11.5. The molecular formula is C25H36N6O. The van der Waals surface area contributed by atoms with Crippen molar-refractivity contribution in [2.45, 2.75) is 39.2 Å². The van der Waals surface area contributed by atoms with Crippen LogP contribution < -0.4 is 15.5 Å². The van der Waals surface area contributed by atoms with Gasteiger partial charge in [-0.1, -0.05) is 18.2 Å². The highest BCUT2D eigenvalue weighted by Gasteiger charge is 2.21. The predicted octanol–water partition coefficient (Wildman–Crippen LogP) is 2.86. The van der Waals surface area contributed by atoms with Crippen molar-refractivity contribution in [3.8, 4) is 0 Å². The zero-order chi connectivity index (χ0) is 22.9. The summed E-state index contributed by atoms with van der Waals surface area (Å²) in [5, 5.41) is 6.97. The normalized spacial score (nSPS) is 14.9. The van der Waals surface area contributed by atoms with Crippen LogP contribution in [0.1, 0.15) is 41.4 Å². The summed E-state index contributed by atoms with van der Waals surface area (Å²) < 4.78 is 0. The highest BCUT2D eigenvalue weighted by atomic mass is 16.2. The maximum absolute atomic E-state index is 12.2. The number of rotatable bonds is 7. The quantitative estimate of drug-likeness (QED) is 0.516. The Bertz CT molecular complexity index is 918. The standard InChI is InChI=1S/C25H36N6O/c1-5-26-25(27-15-12-20-9-7-10-21(18-20)24(32)30(3)4)29-22-13-16-31(17-14-22)23-11-6-8-19(2)28-23/h6-11,18,22H,5,12-17H2,1-4H3,(H2,26,27,29). The number of nitrogens with zero attached hydrogens (tertiary/aromatic N) is 4. The second kappa shape index (κ2) is 11.5. The Labute approximate surface area is 191 Å². The Balaban J connectivity index is 1.52. The highest BCUT2D eigenvalue weighted by molar-refractivity contribution is 5.94. The molecular weight excluding hydrogens is 400 g/mol. The largest absolute Gasteiger partial charge is 0.357 e. The van der Waals surface area contributed by atoms with Gasteiger partial charge in [0.15, 0.2) is 5.96 Å². The number of pyridine rings is 1. The first kappa shape index (κ1) is 23.6. The summed E-state index contributed by atoms with van der Waals surface area (Å²) in [6.45, 7) is 7.58. The predicted molar refractivity (Wildman–Crippen MR) is 131 cm³/mol. The number of aromatic nitrogens is 1. The second-order valence-corrected chi connectivity index (χ2v) is 8.45. The Morgan fingerprint density at radius 2 is 1.94 bits per heavy atom. The third kappa shape index (κ3) is 6.70. The maximum Gasteiger partial charge on any atom is 0.253 e. The molecule has 1 amide bonds. The molecule has 172 valence electrons. The average molecular weight is 437 g/mol. The lowest BCUT2D eigenvalue weighted by Gasteiger charge is -2.34. The Morgan fingerprint density at radius 1 is 1.19 bits per heavy atom. The molecule has 0 saturated carbocycles. The number of aliphatic imine (C=N–C) groups is 1. The number of hydrogen-bond acceptors (Lipinski definition) is 4. The number of amides is 1. The zero-order valence-corrected chi connectivity index (χ0v) is 19.8.